The number of fused-ring (bicyclic) bond motifs is 7. The van der Waals surface area contributed by atoms with Crippen molar-refractivity contribution < 1.29 is 4.42 Å². The molecule has 7 aromatic carbocycles. The highest BCUT2D eigenvalue weighted by atomic mass is 16.3. The van der Waals surface area contributed by atoms with Crippen molar-refractivity contribution in [2.45, 2.75) is 20.3 Å². The average Bonchev–Trinajstić information content (AvgIpc) is 3.66. The third-order valence-corrected chi connectivity index (χ3v) is 10.2. The van der Waals surface area contributed by atoms with Gasteiger partial charge in [-0.3, -0.25) is 0 Å². The molecule has 0 fully saturated rings. The zero-order chi connectivity index (χ0) is 31.5. The van der Waals surface area contributed by atoms with E-state index in [4.69, 9.17) is 4.42 Å². The Labute approximate surface area is 274 Å². The largest absolute Gasteiger partial charge is 0.456 e. The minimum atomic E-state index is 0.351. The van der Waals surface area contributed by atoms with E-state index < -0.39 is 0 Å². The minimum absolute atomic E-state index is 0.351. The van der Waals surface area contributed by atoms with Crippen LogP contribution in [-0.2, 0) is 0 Å². The number of para-hydroxylation sites is 1. The molecule has 0 saturated heterocycles. The van der Waals surface area contributed by atoms with E-state index in [-0.39, 0.29) is 0 Å². The molecule has 8 aromatic rings. The first-order chi connectivity index (χ1) is 23.2. The molecule has 2 unspecified atom stereocenters. The van der Waals surface area contributed by atoms with E-state index in [9.17, 15) is 0 Å². The van der Waals surface area contributed by atoms with Gasteiger partial charge in [-0.25, -0.2) is 0 Å². The van der Waals surface area contributed by atoms with Crippen LogP contribution in [0.5, 0.6) is 0 Å². The molecule has 226 valence electrons. The molecule has 0 bridgehead atoms. The van der Waals surface area contributed by atoms with Crippen LogP contribution in [0.1, 0.15) is 20.3 Å². The third-order valence-electron chi connectivity index (χ3n) is 10.2. The molecule has 0 spiro atoms. The number of rotatable bonds is 5. The maximum absolute atomic E-state index is 6.60. The number of hydrogen-bond acceptors (Lipinski definition) is 2. The minimum Gasteiger partial charge on any atom is -0.456 e. The maximum atomic E-state index is 6.60. The number of hydrogen-bond donors (Lipinski definition) is 0. The topological polar surface area (TPSA) is 16.4 Å². The van der Waals surface area contributed by atoms with Crippen LogP contribution in [0.4, 0.5) is 11.4 Å². The van der Waals surface area contributed by atoms with Crippen LogP contribution in [-0.4, -0.2) is 0 Å². The third kappa shape index (κ3) is 4.47. The highest BCUT2D eigenvalue weighted by Gasteiger charge is 2.31. The molecule has 2 nitrogen and oxygen atoms in total. The molecule has 2 atom stereocenters. The molecule has 9 rings (SSSR count). The summed E-state index contributed by atoms with van der Waals surface area (Å²) in [5.41, 5.74) is 7.90. The molecule has 2 heteroatoms. The Morgan fingerprint density at radius 2 is 1.28 bits per heavy atom. The number of anilines is 2. The molecule has 1 heterocycles. The fraction of sp³-hybridized carbons (Fsp3) is 0.111. The lowest BCUT2D eigenvalue weighted by atomic mass is 9.91. The predicted octanol–water partition coefficient (Wildman–Crippen LogP) is 13.0. The summed E-state index contributed by atoms with van der Waals surface area (Å²) in [6, 6.07) is 48.5. The summed E-state index contributed by atoms with van der Waals surface area (Å²) in [6.45, 7) is 4.50. The van der Waals surface area contributed by atoms with Crippen molar-refractivity contribution in [2.24, 2.45) is 11.8 Å². The highest BCUT2D eigenvalue weighted by molar-refractivity contribution is 6.15. The molecule has 1 aliphatic carbocycles. The zero-order valence-electron chi connectivity index (χ0n) is 26.7. The van der Waals surface area contributed by atoms with E-state index in [1.54, 1.807) is 0 Å². The Morgan fingerprint density at radius 1 is 0.596 bits per heavy atom. The van der Waals surface area contributed by atoms with Gasteiger partial charge < -0.3 is 9.32 Å². The van der Waals surface area contributed by atoms with Crippen molar-refractivity contribution in [3.8, 4) is 11.1 Å². The van der Waals surface area contributed by atoms with Gasteiger partial charge in [-0.05, 0) is 93.5 Å². The van der Waals surface area contributed by atoms with Gasteiger partial charge in [-0.1, -0.05) is 116 Å². The number of nitrogens with zero attached hydrogens (tertiary/aromatic N) is 1. The van der Waals surface area contributed by atoms with Gasteiger partial charge in [0.05, 0.1) is 5.69 Å². The first-order valence-corrected chi connectivity index (χ1v) is 16.7. The van der Waals surface area contributed by atoms with Gasteiger partial charge in [0.25, 0.3) is 0 Å². The van der Waals surface area contributed by atoms with Gasteiger partial charge in [0.1, 0.15) is 11.2 Å². The quantitative estimate of drug-likeness (QED) is 0.143. The van der Waals surface area contributed by atoms with E-state index in [1.807, 2.05) is 0 Å². The average molecular weight is 606 g/mol. The summed E-state index contributed by atoms with van der Waals surface area (Å²) in [6.07, 6.45) is 8.03. The second-order valence-corrected chi connectivity index (χ2v) is 12.9. The Bertz CT molecular complexity index is 2550. The van der Waals surface area contributed by atoms with Crippen molar-refractivity contribution in [1.29, 1.82) is 0 Å². The Hall–Kier alpha value is -5.60. The standard InChI is InChI=1S/C45H35NO/c1-3-12-30-21-24-42(29(30)2)46(34-22-23-39-41-25-31-13-4-5-14-32(31)27-44(41)47-45(39)28-34)43-20-11-10-19-38(43)40-26-33-15-6-7-16-35(33)36-17-8-9-18-37(36)40/h3-20,22-30H,21H2,1-2H3/b12-3-. The molecule has 0 N–H and O–H groups in total. The fourth-order valence-electron chi connectivity index (χ4n) is 7.84. The highest BCUT2D eigenvalue weighted by Crippen LogP contribution is 2.47. The molecule has 1 aromatic heterocycles. The van der Waals surface area contributed by atoms with Crippen LogP contribution in [0.2, 0.25) is 0 Å². The fourth-order valence-corrected chi connectivity index (χ4v) is 7.84. The van der Waals surface area contributed by atoms with Crippen LogP contribution >= 0.6 is 0 Å². The van der Waals surface area contributed by atoms with Crippen LogP contribution in [0, 0.1) is 11.8 Å². The van der Waals surface area contributed by atoms with Gasteiger partial charge in [-0.15, -0.1) is 0 Å². The lowest BCUT2D eigenvalue weighted by Crippen LogP contribution is -2.22. The van der Waals surface area contributed by atoms with Crippen molar-refractivity contribution in [3.05, 3.63) is 157 Å². The Balaban J connectivity index is 1.28. The van der Waals surface area contributed by atoms with Gasteiger partial charge in [0, 0.05) is 39.7 Å². The van der Waals surface area contributed by atoms with Gasteiger partial charge in [-0.2, -0.15) is 0 Å². The molecule has 0 radical (unpaired) electrons. The van der Waals surface area contributed by atoms with E-state index in [0.29, 0.717) is 11.8 Å². The smallest absolute Gasteiger partial charge is 0.137 e. The summed E-state index contributed by atoms with van der Waals surface area (Å²) >= 11 is 0. The normalized spacial score (nSPS) is 16.7. The summed E-state index contributed by atoms with van der Waals surface area (Å²) < 4.78 is 6.60. The summed E-state index contributed by atoms with van der Waals surface area (Å²) in [5.74, 6) is 0.817. The van der Waals surface area contributed by atoms with Gasteiger partial charge in [0.2, 0.25) is 0 Å². The molecule has 0 aliphatic heterocycles. The van der Waals surface area contributed by atoms with Crippen LogP contribution in [0.25, 0.3) is 65.4 Å². The Morgan fingerprint density at radius 3 is 2.11 bits per heavy atom. The molecular weight excluding hydrogens is 571 g/mol. The second kappa shape index (κ2) is 11.0. The molecule has 1 aliphatic rings. The molecular formula is C45H35NO. The van der Waals surface area contributed by atoms with Crippen molar-refractivity contribution in [1.82, 2.24) is 0 Å². The van der Waals surface area contributed by atoms with E-state index >= 15 is 0 Å². The van der Waals surface area contributed by atoms with Crippen LogP contribution in [0.3, 0.4) is 0 Å². The first kappa shape index (κ1) is 27.7. The summed E-state index contributed by atoms with van der Waals surface area (Å²) in [7, 11) is 0. The molecule has 0 saturated carbocycles. The van der Waals surface area contributed by atoms with E-state index in [2.05, 4.69) is 170 Å². The van der Waals surface area contributed by atoms with Crippen LogP contribution < -0.4 is 4.90 Å². The van der Waals surface area contributed by atoms with Crippen molar-refractivity contribution in [2.75, 3.05) is 4.90 Å². The lowest BCUT2D eigenvalue weighted by molar-refractivity contribution is 0.528. The predicted molar refractivity (Wildman–Crippen MR) is 200 cm³/mol. The first-order valence-electron chi connectivity index (χ1n) is 16.7. The summed E-state index contributed by atoms with van der Waals surface area (Å²) in [5, 5.41) is 9.79. The van der Waals surface area contributed by atoms with Gasteiger partial charge >= 0.3 is 0 Å². The number of allylic oxidation sites excluding steroid dienone is 4. The molecule has 0 amide bonds. The monoisotopic (exact) mass is 605 g/mol. The van der Waals surface area contributed by atoms with E-state index in [1.165, 1.54) is 54.8 Å². The SMILES string of the molecule is C/C=C\C1CC=C(N(c2ccc3c(c2)oc2cc4ccccc4cc23)c2ccccc2-c2cc3ccccc3c3ccccc23)C1C. The van der Waals surface area contributed by atoms with Crippen molar-refractivity contribution >= 4 is 65.6 Å². The van der Waals surface area contributed by atoms with Crippen molar-refractivity contribution in [3.63, 3.8) is 0 Å². The molecule has 47 heavy (non-hydrogen) atoms. The summed E-state index contributed by atoms with van der Waals surface area (Å²) in [4.78, 5) is 2.50. The second-order valence-electron chi connectivity index (χ2n) is 12.9. The Kier molecular flexibility index (Phi) is 6.50. The van der Waals surface area contributed by atoms with Crippen LogP contribution in [0.15, 0.2) is 162 Å². The lowest BCUT2D eigenvalue weighted by Gasteiger charge is -2.32. The number of benzene rings is 7. The zero-order valence-corrected chi connectivity index (χ0v) is 26.7. The van der Waals surface area contributed by atoms with E-state index in [0.717, 1.165) is 34.0 Å². The maximum Gasteiger partial charge on any atom is 0.137 e. The van der Waals surface area contributed by atoms with Gasteiger partial charge in [0.15, 0.2) is 0 Å². The number of furan rings is 1.